The number of benzene rings is 1. The number of H-pyrrole nitrogens is 1. The smallest absolute Gasteiger partial charge is 0.106 e. The summed E-state index contributed by atoms with van der Waals surface area (Å²) >= 11 is 0. The van der Waals surface area contributed by atoms with Gasteiger partial charge in [-0.05, 0) is 25.5 Å². The van der Waals surface area contributed by atoms with Crippen LogP contribution in [-0.4, -0.2) is 16.5 Å². The average Bonchev–Trinajstić information content (AvgIpc) is 2.76. The van der Waals surface area contributed by atoms with Crippen LogP contribution in [0.2, 0.25) is 0 Å². The fourth-order valence-corrected chi connectivity index (χ4v) is 1.64. The summed E-state index contributed by atoms with van der Waals surface area (Å²) in [6.45, 7) is 2.80. The number of aromatic amines is 1. The zero-order chi connectivity index (χ0) is 11.4. The maximum Gasteiger partial charge on any atom is 0.106 e. The summed E-state index contributed by atoms with van der Waals surface area (Å²) in [6.07, 6.45) is 3.78. The van der Waals surface area contributed by atoms with Gasteiger partial charge in [-0.1, -0.05) is 29.8 Å². The Morgan fingerprint density at radius 3 is 2.69 bits per heavy atom. The van der Waals surface area contributed by atoms with E-state index in [2.05, 4.69) is 41.2 Å². The number of nitrogens with zero attached hydrogens (tertiary/aromatic N) is 1. The van der Waals surface area contributed by atoms with Crippen LogP contribution >= 0.6 is 0 Å². The van der Waals surface area contributed by atoms with Crippen molar-refractivity contribution in [1.82, 2.24) is 9.97 Å². The molecule has 0 saturated carbocycles. The minimum absolute atomic E-state index is 0.709. The zero-order valence-electron chi connectivity index (χ0n) is 9.53. The first-order valence-corrected chi connectivity index (χ1v) is 5.60. The molecule has 0 atom stereocenters. The van der Waals surface area contributed by atoms with E-state index in [1.165, 1.54) is 11.1 Å². The molecule has 0 unspecified atom stereocenters. The molecule has 0 saturated heterocycles. The van der Waals surface area contributed by atoms with E-state index >= 15 is 0 Å². The van der Waals surface area contributed by atoms with Crippen LogP contribution in [0.4, 0.5) is 0 Å². The molecule has 0 aliphatic rings. The van der Waals surface area contributed by atoms with Crippen molar-refractivity contribution in [2.24, 2.45) is 5.73 Å². The zero-order valence-corrected chi connectivity index (χ0v) is 9.53. The van der Waals surface area contributed by atoms with Crippen LogP contribution in [0.1, 0.15) is 17.8 Å². The first-order valence-electron chi connectivity index (χ1n) is 5.60. The third-order valence-corrected chi connectivity index (χ3v) is 2.61. The Morgan fingerprint density at radius 2 is 2.00 bits per heavy atom. The van der Waals surface area contributed by atoms with Gasteiger partial charge in [0.1, 0.15) is 5.82 Å². The van der Waals surface area contributed by atoms with Gasteiger partial charge in [-0.2, -0.15) is 0 Å². The van der Waals surface area contributed by atoms with Gasteiger partial charge in [0, 0.05) is 6.42 Å². The van der Waals surface area contributed by atoms with E-state index in [0.29, 0.717) is 6.54 Å². The van der Waals surface area contributed by atoms with Crippen LogP contribution in [0.15, 0.2) is 30.5 Å². The Balaban J connectivity index is 2.15. The molecule has 2 rings (SSSR count). The van der Waals surface area contributed by atoms with Crippen molar-refractivity contribution >= 4 is 0 Å². The second kappa shape index (κ2) is 4.94. The van der Waals surface area contributed by atoms with E-state index < -0.39 is 0 Å². The lowest BCUT2D eigenvalue weighted by atomic mass is 10.1. The molecule has 2 aromatic rings. The number of nitrogens with two attached hydrogens (primary N) is 1. The van der Waals surface area contributed by atoms with Crippen molar-refractivity contribution in [2.75, 3.05) is 6.54 Å². The highest BCUT2D eigenvalue weighted by Crippen LogP contribution is 2.17. The Hall–Kier alpha value is -1.61. The number of hydrogen-bond donors (Lipinski definition) is 2. The lowest BCUT2D eigenvalue weighted by molar-refractivity contribution is 0.794. The Labute approximate surface area is 95.7 Å². The highest BCUT2D eigenvalue weighted by Gasteiger charge is 2.02. The molecule has 1 aromatic heterocycles. The molecule has 3 N–H and O–H groups in total. The summed E-state index contributed by atoms with van der Waals surface area (Å²) in [4.78, 5) is 7.66. The molecule has 0 amide bonds. The number of imidazole rings is 1. The van der Waals surface area contributed by atoms with Gasteiger partial charge in [-0.15, -0.1) is 0 Å². The SMILES string of the molecule is Cc1ccc(-c2cnc(CCCN)[nH]2)cc1. The Bertz CT molecular complexity index is 442. The summed E-state index contributed by atoms with van der Waals surface area (Å²) in [5.41, 5.74) is 8.99. The number of aryl methyl sites for hydroxylation is 2. The Morgan fingerprint density at radius 1 is 1.25 bits per heavy atom. The lowest BCUT2D eigenvalue weighted by Gasteiger charge is -1.98. The van der Waals surface area contributed by atoms with E-state index in [1.807, 2.05) is 6.20 Å². The molecule has 0 fully saturated rings. The molecule has 1 heterocycles. The molecule has 0 aliphatic carbocycles. The number of rotatable bonds is 4. The minimum atomic E-state index is 0.709. The second-order valence-electron chi connectivity index (χ2n) is 4.00. The molecular weight excluding hydrogens is 198 g/mol. The monoisotopic (exact) mass is 215 g/mol. The van der Waals surface area contributed by atoms with Crippen molar-refractivity contribution in [2.45, 2.75) is 19.8 Å². The molecule has 3 heteroatoms. The predicted octanol–water partition coefficient (Wildman–Crippen LogP) is 2.28. The van der Waals surface area contributed by atoms with E-state index in [9.17, 15) is 0 Å². The molecule has 0 aliphatic heterocycles. The largest absolute Gasteiger partial charge is 0.342 e. The van der Waals surface area contributed by atoms with Crippen LogP contribution in [-0.2, 0) is 6.42 Å². The molecule has 84 valence electrons. The van der Waals surface area contributed by atoms with Gasteiger partial charge in [0.05, 0.1) is 11.9 Å². The molecule has 0 bridgehead atoms. The molecule has 1 aromatic carbocycles. The van der Waals surface area contributed by atoms with Gasteiger partial charge in [0.2, 0.25) is 0 Å². The highest BCUT2D eigenvalue weighted by atomic mass is 14.9. The van der Waals surface area contributed by atoms with Gasteiger partial charge >= 0.3 is 0 Å². The summed E-state index contributed by atoms with van der Waals surface area (Å²) in [6, 6.07) is 8.43. The topological polar surface area (TPSA) is 54.7 Å². The van der Waals surface area contributed by atoms with E-state index in [4.69, 9.17) is 5.73 Å². The summed E-state index contributed by atoms with van der Waals surface area (Å²) in [7, 11) is 0. The van der Waals surface area contributed by atoms with Crippen molar-refractivity contribution < 1.29 is 0 Å². The second-order valence-corrected chi connectivity index (χ2v) is 4.00. The van der Waals surface area contributed by atoms with Crippen LogP contribution in [0.5, 0.6) is 0 Å². The standard InChI is InChI=1S/C13H17N3/c1-10-4-6-11(7-5-10)12-9-15-13(16-12)3-2-8-14/h4-7,9H,2-3,8,14H2,1H3,(H,15,16). The predicted molar refractivity (Wildman–Crippen MR) is 66.1 cm³/mol. The summed E-state index contributed by atoms with van der Waals surface area (Å²) < 4.78 is 0. The van der Waals surface area contributed by atoms with Gasteiger partial charge in [-0.25, -0.2) is 4.98 Å². The van der Waals surface area contributed by atoms with Crippen molar-refractivity contribution in [3.05, 3.63) is 41.9 Å². The van der Waals surface area contributed by atoms with Gasteiger partial charge < -0.3 is 10.7 Å². The molecule has 16 heavy (non-hydrogen) atoms. The van der Waals surface area contributed by atoms with Crippen molar-refractivity contribution in [1.29, 1.82) is 0 Å². The quantitative estimate of drug-likeness (QED) is 0.822. The minimum Gasteiger partial charge on any atom is -0.342 e. The first-order chi connectivity index (χ1) is 7.79. The molecular formula is C13H17N3. The van der Waals surface area contributed by atoms with Crippen LogP contribution in [0, 0.1) is 6.92 Å². The highest BCUT2D eigenvalue weighted by molar-refractivity contribution is 5.58. The molecule has 0 radical (unpaired) electrons. The fraction of sp³-hybridized carbons (Fsp3) is 0.308. The van der Waals surface area contributed by atoms with Gasteiger partial charge in [0.25, 0.3) is 0 Å². The normalized spacial score (nSPS) is 10.6. The van der Waals surface area contributed by atoms with Crippen LogP contribution in [0.3, 0.4) is 0 Å². The summed E-state index contributed by atoms with van der Waals surface area (Å²) in [5, 5.41) is 0. The summed E-state index contributed by atoms with van der Waals surface area (Å²) in [5.74, 6) is 1.01. The lowest BCUT2D eigenvalue weighted by Crippen LogP contribution is -2.01. The van der Waals surface area contributed by atoms with Crippen molar-refractivity contribution in [3.8, 4) is 11.3 Å². The fourth-order valence-electron chi connectivity index (χ4n) is 1.64. The Kier molecular flexibility index (Phi) is 3.37. The third kappa shape index (κ3) is 2.49. The first kappa shape index (κ1) is 10.9. The molecule has 0 spiro atoms. The van der Waals surface area contributed by atoms with Crippen LogP contribution in [0.25, 0.3) is 11.3 Å². The van der Waals surface area contributed by atoms with Gasteiger partial charge in [0.15, 0.2) is 0 Å². The number of nitrogens with one attached hydrogen (secondary N) is 1. The maximum atomic E-state index is 5.47. The van der Waals surface area contributed by atoms with Crippen molar-refractivity contribution in [3.63, 3.8) is 0 Å². The molecule has 3 nitrogen and oxygen atoms in total. The average molecular weight is 215 g/mol. The third-order valence-electron chi connectivity index (χ3n) is 2.61. The van der Waals surface area contributed by atoms with Crippen LogP contribution < -0.4 is 5.73 Å². The van der Waals surface area contributed by atoms with E-state index in [0.717, 1.165) is 24.4 Å². The maximum absolute atomic E-state index is 5.47. The van der Waals surface area contributed by atoms with Gasteiger partial charge in [-0.3, -0.25) is 0 Å². The van der Waals surface area contributed by atoms with E-state index in [-0.39, 0.29) is 0 Å². The number of hydrogen-bond acceptors (Lipinski definition) is 2. The van der Waals surface area contributed by atoms with E-state index in [1.54, 1.807) is 0 Å². The number of aromatic nitrogens is 2.